The van der Waals surface area contributed by atoms with E-state index < -0.39 is 29.0 Å². The van der Waals surface area contributed by atoms with Crippen LogP contribution in [0.4, 0.5) is 17.6 Å². The molecule has 0 spiro atoms. The number of rotatable bonds is 4. The van der Waals surface area contributed by atoms with Crippen LogP contribution in [0.15, 0.2) is 36.8 Å². The van der Waals surface area contributed by atoms with Crippen molar-refractivity contribution < 1.29 is 22.4 Å². The molecule has 0 bridgehead atoms. The molecule has 0 saturated heterocycles. The van der Waals surface area contributed by atoms with Crippen molar-refractivity contribution in [2.45, 2.75) is 31.4 Å². The van der Waals surface area contributed by atoms with E-state index in [9.17, 15) is 22.4 Å². The van der Waals surface area contributed by atoms with Crippen LogP contribution in [0.2, 0.25) is 0 Å². The number of pyridine rings is 2. The van der Waals surface area contributed by atoms with Crippen molar-refractivity contribution >= 4 is 16.8 Å². The van der Waals surface area contributed by atoms with Gasteiger partial charge in [-0.2, -0.15) is 13.2 Å². The highest BCUT2D eigenvalue weighted by atomic mass is 19.4. The Bertz CT molecular complexity index is 1330. The quantitative estimate of drug-likeness (QED) is 0.361. The second-order valence-corrected chi connectivity index (χ2v) is 7.86. The third kappa shape index (κ3) is 3.18. The lowest BCUT2D eigenvalue weighted by molar-refractivity contribution is -0.141. The lowest BCUT2D eigenvalue weighted by Gasteiger charge is -2.09. The molecule has 10 heteroatoms. The Kier molecular flexibility index (Phi) is 4.05. The fraction of sp³-hybridized carbons (Fsp3) is 0.238. The molecule has 1 aliphatic carbocycles. The van der Waals surface area contributed by atoms with Crippen LogP contribution in [0.5, 0.6) is 0 Å². The number of aromatic nitrogens is 5. The zero-order valence-electron chi connectivity index (χ0n) is 16.1. The largest absolute Gasteiger partial charge is 0.434 e. The van der Waals surface area contributed by atoms with Crippen molar-refractivity contribution in [3.8, 4) is 11.5 Å². The van der Waals surface area contributed by atoms with E-state index in [1.54, 1.807) is 0 Å². The van der Waals surface area contributed by atoms with E-state index >= 15 is 0 Å². The molecule has 31 heavy (non-hydrogen) atoms. The molecule has 0 aliphatic heterocycles. The van der Waals surface area contributed by atoms with Gasteiger partial charge >= 0.3 is 6.18 Å². The van der Waals surface area contributed by atoms with E-state index in [1.165, 1.54) is 24.5 Å². The normalized spacial score (nSPS) is 15.4. The molecule has 0 radical (unpaired) electrons. The number of fused-ring (bicyclic) bond motifs is 1. The number of aromatic amines is 2. The average molecular weight is 429 g/mol. The second-order valence-electron chi connectivity index (χ2n) is 7.86. The van der Waals surface area contributed by atoms with E-state index in [2.05, 4.69) is 24.9 Å². The zero-order chi connectivity index (χ0) is 22.0. The fourth-order valence-electron chi connectivity index (χ4n) is 3.55. The van der Waals surface area contributed by atoms with Gasteiger partial charge in [0.25, 0.3) is 0 Å². The number of imidazole rings is 1. The topological polar surface area (TPSA) is 87.3 Å². The summed E-state index contributed by atoms with van der Waals surface area (Å²) in [7, 11) is 0. The molecule has 0 atom stereocenters. The van der Waals surface area contributed by atoms with Crippen LogP contribution in [0.25, 0.3) is 22.6 Å². The average Bonchev–Trinajstić information content (AvgIpc) is 3.15. The van der Waals surface area contributed by atoms with Gasteiger partial charge in [-0.3, -0.25) is 14.8 Å². The summed E-state index contributed by atoms with van der Waals surface area (Å²) in [6.07, 6.45) is 0.726. The molecular weight excluding hydrogens is 414 g/mol. The minimum Gasteiger partial charge on any atom is -0.358 e. The van der Waals surface area contributed by atoms with Crippen LogP contribution in [0.3, 0.4) is 0 Å². The van der Waals surface area contributed by atoms with E-state index in [1.807, 2.05) is 6.92 Å². The highest BCUT2D eigenvalue weighted by Crippen LogP contribution is 2.48. The van der Waals surface area contributed by atoms with Crippen LogP contribution >= 0.6 is 0 Å². The van der Waals surface area contributed by atoms with Crippen molar-refractivity contribution in [2.24, 2.45) is 0 Å². The number of hydrogen-bond donors (Lipinski definition) is 2. The maximum Gasteiger partial charge on any atom is 0.434 e. The van der Waals surface area contributed by atoms with E-state index in [-0.39, 0.29) is 22.3 Å². The van der Waals surface area contributed by atoms with Crippen molar-refractivity contribution in [3.05, 3.63) is 65.1 Å². The van der Waals surface area contributed by atoms with Crippen molar-refractivity contribution in [1.82, 2.24) is 24.9 Å². The van der Waals surface area contributed by atoms with Crippen LogP contribution < -0.4 is 0 Å². The molecule has 1 fully saturated rings. The first kappa shape index (κ1) is 19.4. The van der Waals surface area contributed by atoms with E-state index in [0.717, 1.165) is 25.1 Å². The van der Waals surface area contributed by atoms with Gasteiger partial charge in [-0.1, -0.05) is 6.92 Å². The molecule has 1 aliphatic rings. The predicted molar refractivity (Wildman–Crippen MR) is 103 cm³/mol. The highest BCUT2D eigenvalue weighted by molar-refractivity contribution is 6.10. The number of alkyl halides is 3. The molecule has 1 saturated carbocycles. The summed E-state index contributed by atoms with van der Waals surface area (Å²) in [5.41, 5.74) is -0.866. The molecule has 4 aromatic rings. The molecule has 5 rings (SSSR count). The molecule has 2 N–H and O–H groups in total. The van der Waals surface area contributed by atoms with Crippen LogP contribution in [-0.4, -0.2) is 30.7 Å². The Hall–Kier alpha value is -3.56. The molecular formula is C21H15F4N5O. The summed E-state index contributed by atoms with van der Waals surface area (Å²) >= 11 is 0. The number of carbonyl (C=O) groups excluding carboxylic acids is 1. The third-order valence-electron chi connectivity index (χ3n) is 5.56. The van der Waals surface area contributed by atoms with Crippen molar-refractivity contribution in [1.29, 1.82) is 0 Å². The van der Waals surface area contributed by atoms with Gasteiger partial charge in [0.2, 0.25) is 0 Å². The van der Waals surface area contributed by atoms with Gasteiger partial charge < -0.3 is 9.97 Å². The number of nitrogens with one attached hydrogen (secondary N) is 2. The summed E-state index contributed by atoms with van der Waals surface area (Å²) in [5, 5.41) is 0. The Morgan fingerprint density at radius 2 is 2.00 bits per heavy atom. The molecule has 4 aromatic heterocycles. The standard InChI is InChI=1S/C21H15F4N5O/c1-20(4-5-20)18-14(22)15-13(9-28-18)29-19(30-15)12-7-10(8-27-12)16(31)11-3-2-6-26-17(11)21(23,24)25/h2-3,6-9,27H,4-5H2,1H3,(H,29,30). The Morgan fingerprint density at radius 1 is 1.23 bits per heavy atom. The summed E-state index contributed by atoms with van der Waals surface area (Å²) < 4.78 is 54.5. The van der Waals surface area contributed by atoms with Crippen LogP contribution in [-0.2, 0) is 11.6 Å². The second kappa shape index (κ2) is 6.47. The van der Waals surface area contributed by atoms with Gasteiger partial charge in [-0.15, -0.1) is 0 Å². The maximum atomic E-state index is 14.9. The number of carbonyl (C=O) groups is 1. The lowest BCUT2D eigenvalue weighted by Crippen LogP contribution is -2.15. The minimum atomic E-state index is -4.76. The Morgan fingerprint density at radius 3 is 2.71 bits per heavy atom. The Balaban J connectivity index is 1.51. The minimum absolute atomic E-state index is 0.00117. The molecule has 0 unspecified atom stereocenters. The maximum absolute atomic E-state index is 14.9. The SMILES string of the molecule is CC1(c2ncc3[nH]c(-c4cc(C(=O)c5cccnc5C(F)(F)F)c[nH]4)nc3c2F)CC1. The molecule has 0 aromatic carbocycles. The summed E-state index contributed by atoms with van der Waals surface area (Å²) in [5.74, 6) is -1.08. The summed E-state index contributed by atoms with van der Waals surface area (Å²) in [4.78, 5) is 30.2. The summed E-state index contributed by atoms with van der Waals surface area (Å²) in [6.45, 7) is 1.94. The number of nitrogens with zero attached hydrogens (tertiary/aromatic N) is 3. The van der Waals surface area contributed by atoms with E-state index in [4.69, 9.17) is 0 Å². The van der Waals surface area contributed by atoms with Crippen molar-refractivity contribution in [3.63, 3.8) is 0 Å². The molecule has 158 valence electrons. The van der Waals surface area contributed by atoms with Gasteiger partial charge in [0.05, 0.1) is 28.7 Å². The fourth-order valence-corrected chi connectivity index (χ4v) is 3.55. The smallest absolute Gasteiger partial charge is 0.358 e. The van der Waals surface area contributed by atoms with Gasteiger partial charge in [0, 0.05) is 23.4 Å². The molecule has 0 amide bonds. The number of halogens is 4. The third-order valence-corrected chi connectivity index (χ3v) is 5.56. The lowest BCUT2D eigenvalue weighted by atomic mass is 10.0. The van der Waals surface area contributed by atoms with Gasteiger partial charge in [0.15, 0.2) is 23.1 Å². The Labute approximate surface area is 172 Å². The van der Waals surface area contributed by atoms with Gasteiger partial charge in [-0.25, -0.2) is 9.37 Å². The zero-order valence-corrected chi connectivity index (χ0v) is 16.1. The van der Waals surface area contributed by atoms with Gasteiger partial charge in [-0.05, 0) is 31.0 Å². The number of hydrogen-bond acceptors (Lipinski definition) is 4. The molecule has 4 heterocycles. The molecule has 6 nitrogen and oxygen atoms in total. The van der Waals surface area contributed by atoms with E-state index in [0.29, 0.717) is 16.9 Å². The predicted octanol–water partition coefficient (Wildman–Crippen LogP) is 4.79. The number of ketones is 1. The van der Waals surface area contributed by atoms with Crippen LogP contribution in [0, 0.1) is 5.82 Å². The monoisotopic (exact) mass is 429 g/mol. The highest BCUT2D eigenvalue weighted by Gasteiger charge is 2.43. The number of H-pyrrole nitrogens is 2. The summed E-state index contributed by atoms with van der Waals surface area (Å²) in [6, 6.07) is 3.71. The first-order chi connectivity index (χ1) is 14.7. The first-order valence-electron chi connectivity index (χ1n) is 9.48. The van der Waals surface area contributed by atoms with Crippen molar-refractivity contribution in [2.75, 3.05) is 0 Å². The van der Waals surface area contributed by atoms with Crippen LogP contribution in [0.1, 0.15) is 47.1 Å². The first-order valence-corrected chi connectivity index (χ1v) is 9.48. The van der Waals surface area contributed by atoms with Gasteiger partial charge in [0.1, 0.15) is 5.52 Å².